The first-order chi connectivity index (χ1) is 6.29. The van der Waals surface area contributed by atoms with Gasteiger partial charge in [-0.25, -0.2) is 0 Å². The fraction of sp³-hybridized carbons (Fsp3) is 0.846. The van der Waals surface area contributed by atoms with E-state index >= 15 is 0 Å². The molecular formula is C13H20. The lowest BCUT2D eigenvalue weighted by Gasteiger charge is -2.43. The van der Waals surface area contributed by atoms with Crippen LogP contribution in [0.2, 0.25) is 0 Å². The lowest BCUT2D eigenvalue weighted by atomic mass is 9.62. The van der Waals surface area contributed by atoms with Gasteiger partial charge in [0.1, 0.15) is 0 Å². The molecule has 0 aromatic heterocycles. The summed E-state index contributed by atoms with van der Waals surface area (Å²) in [7, 11) is 0. The van der Waals surface area contributed by atoms with Crippen molar-refractivity contribution in [2.24, 2.45) is 29.6 Å². The first kappa shape index (κ1) is 8.08. The summed E-state index contributed by atoms with van der Waals surface area (Å²) < 4.78 is 0. The number of fused-ring (bicyclic) bond motifs is 5. The molecule has 0 heterocycles. The minimum absolute atomic E-state index is 1.05. The highest BCUT2D eigenvalue weighted by Crippen LogP contribution is 2.63. The Morgan fingerprint density at radius 1 is 1.23 bits per heavy atom. The van der Waals surface area contributed by atoms with Crippen molar-refractivity contribution in [1.82, 2.24) is 0 Å². The maximum atomic E-state index is 4.20. The highest BCUT2D eigenvalue weighted by molar-refractivity contribution is 5.13. The summed E-state index contributed by atoms with van der Waals surface area (Å²) in [6, 6.07) is 0. The Bertz CT molecular complexity index is 240. The smallest absolute Gasteiger partial charge is 0.0291 e. The molecule has 0 aliphatic heterocycles. The summed E-state index contributed by atoms with van der Waals surface area (Å²) in [6.07, 6.45) is 7.26. The van der Waals surface area contributed by atoms with Crippen molar-refractivity contribution in [3.63, 3.8) is 0 Å². The van der Waals surface area contributed by atoms with Crippen molar-refractivity contribution >= 4 is 0 Å². The van der Waals surface area contributed by atoms with Gasteiger partial charge in [0, 0.05) is 0 Å². The van der Waals surface area contributed by atoms with E-state index in [1.807, 2.05) is 0 Å². The topological polar surface area (TPSA) is 0 Å². The molecule has 3 fully saturated rings. The Kier molecular flexibility index (Phi) is 1.63. The van der Waals surface area contributed by atoms with E-state index in [-0.39, 0.29) is 0 Å². The monoisotopic (exact) mass is 176 g/mol. The molecule has 3 rings (SSSR count). The Balaban J connectivity index is 1.82. The zero-order chi connectivity index (χ0) is 9.00. The van der Waals surface area contributed by atoms with Gasteiger partial charge in [-0.3, -0.25) is 0 Å². The molecule has 3 aliphatic carbocycles. The maximum absolute atomic E-state index is 4.20. The molecule has 0 aromatic rings. The van der Waals surface area contributed by atoms with E-state index in [4.69, 9.17) is 0 Å². The molecule has 0 saturated heterocycles. The Morgan fingerprint density at radius 2 is 2.00 bits per heavy atom. The van der Waals surface area contributed by atoms with Gasteiger partial charge in [0.15, 0.2) is 0 Å². The lowest BCUT2D eigenvalue weighted by Crippen LogP contribution is -2.36. The van der Waals surface area contributed by atoms with E-state index in [1.165, 1.54) is 19.3 Å². The van der Waals surface area contributed by atoms with Crippen molar-refractivity contribution in [3.05, 3.63) is 12.2 Å². The molecule has 0 radical (unpaired) electrons. The largest absolute Gasteiger partial charge is 0.0998 e. The van der Waals surface area contributed by atoms with Crippen LogP contribution in [0, 0.1) is 29.6 Å². The van der Waals surface area contributed by atoms with Crippen molar-refractivity contribution in [2.45, 2.75) is 39.0 Å². The summed E-state index contributed by atoms with van der Waals surface area (Å²) in [5.41, 5.74) is 1.56. The number of hydrogen-bond acceptors (Lipinski definition) is 0. The molecule has 3 aliphatic rings. The molecule has 0 amide bonds. The van der Waals surface area contributed by atoms with Gasteiger partial charge in [-0.15, -0.1) is 0 Å². The normalized spacial score (nSPS) is 53.0. The van der Waals surface area contributed by atoms with Crippen molar-refractivity contribution in [2.75, 3.05) is 0 Å². The van der Waals surface area contributed by atoms with Crippen LogP contribution in [0.4, 0.5) is 0 Å². The first-order valence-electron chi connectivity index (χ1n) is 5.96. The standard InChI is InChI=1S/C13H20/c1-3-9-7-12-10-4-8(2)5-11(6-10)13(9)12/h9-13H,2-7H2,1H3. The Hall–Kier alpha value is -0.260. The molecular weight excluding hydrogens is 156 g/mol. The quantitative estimate of drug-likeness (QED) is 0.535. The number of hydrogen-bond donors (Lipinski definition) is 0. The third-order valence-corrected chi connectivity index (χ3v) is 5.00. The van der Waals surface area contributed by atoms with Crippen LogP contribution in [0.1, 0.15) is 39.0 Å². The number of allylic oxidation sites excluding steroid dienone is 1. The minimum Gasteiger partial charge on any atom is -0.0998 e. The highest BCUT2D eigenvalue weighted by Gasteiger charge is 2.54. The second kappa shape index (κ2) is 2.62. The van der Waals surface area contributed by atoms with Crippen LogP contribution in [0.3, 0.4) is 0 Å². The average Bonchev–Trinajstić information content (AvgIpc) is 2.19. The highest BCUT2D eigenvalue weighted by atomic mass is 14.6. The van der Waals surface area contributed by atoms with Crippen LogP contribution in [-0.2, 0) is 0 Å². The van der Waals surface area contributed by atoms with Crippen molar-refractivity contribution in [1.29, 1.82) is 0 Å². The summed E-state index contributed by atoms with van der Waals surface area (Å²) >= 11 is 0. The molecule has 72 valence electrons. The third kappa shape index (κ3) is 0.978. The van der Waals surface area contributed by atoms with E-state index < -0.39 is 0 Å². The molecule has 0 nitrogen and oxygen atoms in total. The molecule has 2 bridgehead atoms. The van der Waals surface area contributed by atoms with E-state index in [0.717, 1.165) is 29.6 Å². The van der Waals surface area contributed by atoms with Crippen LogP contribution in [-0.4, -0.2) is 0 Å². The molecule has 13 heavy (non-hydrogen) atoms. The average molecular weight is 176 g/mol. The molecule has 0 N–H and O–H groups in total. The Morgan fingerprint density at radius 3 is 2.77 bits per heavy atom. The zero-order valence-corrected chi connectivity index (χ0v) is 8.63. The van der Waals surface area contributed by atoms with Crippen LogP contribution >= 0.6 is 0 Å². The fourth-order valence-electron chi connectivity index (χ4n) is 4.50. The number of rotatable bonds is 1. The summed E-state index contributed by atoms with van der Waals surface area (Å²) in [4.78, 5) is 0. The molecule has 0 aromatic carbocycles. The summed E-state index contributed by atoms with van der Waals surface area (Å²) in [5.74, 6) is 5.43. The minimum atomic E-state index is 1.05. The Labute approximate surface area is 81.4 Å². The van der Waals surface area contributed by atoms with Gasteiger partial charge in [0.2, 0.25) is 0 Å². The van der Waals surface area contributed by atoms with Gasteiger partial charge in [0.05, 0.1) is 0 Å². The third-order valence-electron chi connectivity index (χ3n) is 5.00. The second-order valence-electron chi connectivity index (χ2n) is 5.56. The van der Waals surface area contributed by atoms with Crippen LogP contribution in [0.25, 0.3) is 0 Å². The second-order valence-corrected chi connectivity index (χ2v) is 5.56. The van der Waals surface area contributed by atoms with E-state index in [2.05, 4.69) is 13.5 Å². The fourth-order valence-corrected chi connectivity index (χ4v) is 4.50. The van der Waals surface area contributed by atoms with Crippen molar-refractivity contribution in [3.8, 4) is 0 Å². The summed E-state index contributed by atoms with van der Waals surface area (Å²) in [5, 5.41) is 0. The molecule has 5 unspecified atom stereocenters. The zero-order valence-electron chi connectivity index (χ0n) is 8.63. The van der Waals surface area contributed by atoms with Crippen LogP contribution < -0.4 is 0 Å². The predicted molar refractivity (Wildman–Crippen MR) is 55.3 cm³/mol. The van der Waals surface area contributed by atoms with Gasteiger partial charge >= 0.3 is 0 Å². The molecule has 0 heteroatoms. The molecule has 5 atom stereocenters. The first-order valence-corrected chi connectivity index (χ1v) is 5.96. The van der Waals surface area contributed by atoms with Gasteiger partial charge < -0.3 is 0 Å². The van der Waals surface area contributed by atoms with Crippen molar-refractivity contribution < 1.29 is 0 Å². The van der Waals surface area contributed by atoms with Gasteiger partial charge in [0.25, 0.3) is 0 Å². The van der Waals surface area contributed by atoms with Crippen LogP contribution in [0.5, 0.6) is 0 Å². The van der Waals surface area contributed by atoms with E-state index in [0.29, 0.717) is 0 Å². The molecule has 0 spiro atoms. The van der Waals surface area contributed by atoms with E-state index in [1.54, 1.807) is 18.4 Å². The maximum Gasteiger partial charge on any atom is -0.0291 e. The van der Waals surface area contributed by atoms with Gasteiger partial charge in [-0.2, -0.15) is 0 Å². The lowest BCUT2D eigenvalue weighted by molar-refractivity contribution is 0.0530. The summed E-state index contributed by atoms with van der Waals surface area (Å²) in [6.45, 7) is 6.58. The van der Waals surface area contributed by atoms with Gasteiger partial charge in [-0.05, 0) is 55.3 Å². The molecule has 3 saturated carbocycles. The predicted octanol–water partition coefficient (Wildman–Crippen LogP) is 3.63. The van der Waals surface area contributed by atoms with Gasteiger partial charge in [-0.1, -0.05) is 25.5 Å². The van der Waals surface area contributed by atoms with Crippen LogP contribution in [0.15, 0.2) is 12.2 Å². The van der Waals surface area contributed by atoms with E-state index in [9.17, 15) is 0 Å². The SMILES string of the molecule is C=C1CC2CC(C1)C1C(CC)CC21.